The SMILES string of the molecule is COc1cccc(NC(=S)N/N=C/c2ccc(OCC(N)=O)c(OC)c2)c1. The number of nitrogens with zero attached hydrogens (tertiary/aromatic N) is 1. The summed E-state index contributed by atoms with van der Waals surface area (Å²) in [7, 11) is 3.09. The summed E-state index contributed by atoms with van der Waals surface area (Å²) in [5.41, 5.74) is 9.32. The van der Waals surface area contributed by atoms with Crippen LogP contribution in [0.4, 0.5) is 5.69 Å². The number of thiocarbonyl (C=S) groups is 1. The number of hydrogen-bond acceptors (Lipinski definition) is 6. The minimum atomic E-state index is -0.566. The molecule has 0 fully saturated rings. The van der Waals surface area contributed by atoms with E-state index in [1.165, 1.54) is 7.11 Å². The van der Waals surface area contributed by atoms with Crippen LogP contribution in [0, 0.1) is 0 Å². The summed E-state index contributed by atoms with van der Waals surface area (Å²) >= 11 is 5.19. The Bertz CT molecular complexity index is 842. The largest absolute Gasteiger partial charge is 0.497 e. The Hall–Kier alpha value is -3.33. The maximum Gasteiger partial charge on any atom is 0.255 e. The molecule has 0 radical (unpaired) electrons. The van der Waals surface area contributed by atoms with Gasteiger partial charge < -0.3 is 25.3 Å². The molecule has 0 aliphatic heterocycles. The zero-order valence-corrected chi connectivity index (χ0v) is 15.7. The molecule has 0 bridgehead atoms. The van der Waals surface area contributed by atoms with Crippen LogP contribution in [0.15, 0.2) is 47.6 Å². The lowest BCUT2D eigenvalue weighted by atomic mass is 10.2. The number of rotatable bonds is 8. The van der Waals surface area contributed by atoms with Crippen molar-refractivity contribution in [2.45, 2.75) is 0 Å². The van der Waals surface area contributed by atoms with Gasteiger partial charge in [-0.1, -0.05) is 6.07 Å². The topological polar surface area (TPSA) is 107 Å². The second-order valence-corrected chi connectivity index (χ2v) is 5.63. The Balaban J connectivity index is 1.94. The van der Waals surface area contributed by atoms with Gasteiger partial charge in [-0.15, -0.1) is 0 Å². The molecule has 2 aromatic carbocycles. The number of hydrogen-bond donors (Lipinski definition) is 3. The lowest BCUT2D eigenvalue weighted by Gasteiger charge is -2.10. The summed E-state index contributed by atoms with van der Waals surface area (Å²) in [5, 5.41) is 7.41. The van der Waals surface area contributed by atoms with E-state index in [4.69, 9.17) is 32.2 Å². The van der Waals surface area contributed by atoms with Crippen LogP contribution < -0.4 is 30.7 Å². The second kappa shape index (κ2) is 9.97. The highest BCUT2D eigenvalue weighted by Gasteiger charge is 2.06. The highest BCUT2D eigenvalue weighted by Crippen LogP contribution is 2.27. The van der Waals surface area contributed by atoms with Crippen molar-refractivity contribution in [3.63, 3.8) is 0 Å². The van der Waals surface area contributed by atoms with E-state index in [1.807, 2.05) is 24.3 Å². The fraction of sp³-hybridized carbons (Fsp3) is 0.167. The van der Waals surface area contributed by atoms with Gasteiger partial charge in [-0.25, -0.2) is 0 Å². The average Bonchev–Trinajstić information content (AvgIpc) is 2.66. The Morgan fingerprint density at radius 1 is 1.19 bits per heavy atom. The minimum absolute atomic E-state index is 0.227. The van der Waals surface area contributed by atoms with E-state index in [1.54, 1.807) is 31.5 Å². The summed E-state index contributed by atoms with van der Waals surface area (Å²) in [5.74, 6) is 1.02. The Kier molecular flexibility index (Phi) is 7.38. The first kappa shape index (κ1) is 20.0. The maximum absolute atomic E-state index is 10.8. The smallest absolute Gasteiger partial charge is 0.255 e. The van der Waals surface area contributed by atoms with E-state index in [0.29, 0.717) is 16.6 Å². The van der Waals surface area contributed by atoms with E-state index >= 15 is 0 Å². The number of primary amides is 1. The van der Waals surface area contributed by atoms with Crippen molar-refractivity contribution < 1.29 is 19.0 Å². The van der Waals surface area contributed by atoms with E-state index in [9.17, 15) is 4.79 Å². The molecule has 0 aliphatic carbocycles. The molecule has 0 spiro atoms. The number of amides is 1. The molecule has 0 aliphatic rings. The predicted octanol–water partition coefficient (Wildman–Crippen LogP) is 1.89. The van der Waals surface area contributed by atoms with E-state index < -0.39 is 5.91 Å². The fourth-order valence-electron chi connectivity index (χ4n) is 2.06. The third-order valence-corrected chi connectivity index (χ3v) is 3.46. The van der Waals surface area contributed by atoms with Gasteiger partial charge in [-0.3, -0.25) is 10.2 Å². The van der Waals surface area contributed by atoms with Crippen LogP contribution in [0.25, 0.3) is 0 Å². The van der Waals surface area contributed by atoms with Crippen molar-refractivity contribution in [3.8, 4) is 17.2 Å². The first-order chi connectivity index (χ1) is 13.0. The van der Waals surface area contributed by atoms with Crippen molar-refractivity contribution in [2.24, 2.45) is 10.8 Å². The number of benzene rings is 2. The first-order valence-electron chi connectivity index (χ1n) is 7.85. The number of methoxy groups -OCH3 is 2. The number of hydrazone groups is 1. The van der Waals surface area contributed by atoms with Crippen LogP contribution >= 0.6 is 12.2 Å². The van der Waals surface area contributed by atoms with Crippen LogP contribution in [0.2, 0.25) is 0 Å². The van der Waals surface area contributed by atoms with E-state index in [0.717, 1.165) is 17.0 Å². The van der Waals surface area contributed by atoms with Crippen molar-refractivity contribution >= 4 is 35.1 Å². The van der Waals surface area contributed by atoms with Gasteiger partial charge in [-0.2, -0.15) is 5.10 Å². The van der Waals surface area contributed by atoms with Crippen LogP contribution in [-0.2, 0) is 4.79 Å². The molecule has 0 saturated heterocycles. The molecule has 0 unspecified atom stereocenters. The van der Waals surface area contributed by atoms with Crippen molar-refractivity contribution in [2.75, 3.05) is 26.1 Å². The third kappa shape index (κ3) is 6.48. The summed E-state index contributed by atoms with van der Waals surface area (Å²) in [4.78, 5) is 10.8. The lowest BCUT2D eigenvalue weighted by molar-refractivity contribution is -0.119. The minimum Gasteiger partial charge on any atom is -0.497 e. The molecule has 8 nitrogen and oxygen atoms in total. The molecule has 27 heavy (non-hydrogen) atoms. The molecule has 2 aromatic rings. The van der Waals surface area contributed by atoms with Crippen molar-refractivity contribution in [1.82, 2.24) is 5.43 Å². The summed E-state index contributed by atoms with van der Waals surface area (Å²) in [6.45, 7) is -0.227. The molecule has 142 valence electrons. The molecule has 0 heterocycles. The van der Waals surface area contributed by atoms with Gasteiger partial charge in [0.15, 0.2) is 23.2 Å². The first-order valence-corrected chi connectivity index (χ1v) is 8.26. The molecule has 0 aromatic heterocycles. The number of carbonyl (C=O) groups excluding carboxylic acids is 1. The highest BCUT2D eigenvalue weighted by atomic mass is 32.1. The van der Waals surface area contributed by atoms with Gasteiger partial charge in [0.25, 0.3) is 5.91 Å². The third-order valence-electron chi connectivity index (χ3n) is 3.26. The van der Waals surface area contributed by atoms with Crippen molar-refractivity contribution in [3.05, 3.63) is 48.0 Å². The Morgan fingerprint density at radius 2 is 2.00 bits per heavy atom. The van der Waals surface area contributed by atoms with Gasteiger partial charge in [0.1, 0.15) is 5.75 Å². The number of anilines is 1. The Morgan fingerprint density at radius 3 is 2.70 bits per heavy atom. The summed E-state index contributed by atoms with van der Waals surface area (Å²) in [6.07, 6.45) is 1.57. The molecular formula is C18H20N4O4S. The van der Waals surface area contributed by atoms with Gasteiger partial charge in [-0.05, 0) is 48.1 Å². The van der Waals surface area contributed by atoms with Gasteiger partial charge in [0, 0.05) is 11.8 Å². The standard InChI is InChI=1S/C18H20N4O4S/c1-24-14-5-3-4-13(9-14)21-18(27)22-20-10-12-6-7-15(16(8-12)25-2)26-11-17(19)23/h3-10H,11H2,1-2H3,(H2,19,23)(H2,21,22,27)/b20-10+. The van der Waals surface area contributed by atoms with E-state index in [2.05, 4.69) is 15.8 Å². The average molecular weight is 388 g/mol. The van der Waals surface area contributed by atoms with E-state index in [-0.39, 0.29) is 6.61 Å². The quantitative estimate of drug-likeness (QED) is 0.360. The Labute approximate surface area is 162 Å². The number of ether oxygens (including phenoxy) is 3. The monoisotopic (exact) mass is 388 g/mol. The molecule has 0 saturated carbocycles. The number of nitrogens with one attached hydrogen (secondary N) is 2. The molecule has 1 amide bonds. The lowest BCUT2D eigenvalue weighted by Crippen LogP contribution is -2.23. The summed E-state index contributed by atoms with van der Waals surface area (Å²) < 4.78 is 15.7. The van der Waals surface area contributed by atoms with Crippen LogP contribution in [-0.4, -0.2) is 38.1 Å². The van der Waals surface area contributed by atoms with Gasteiger partial charge in [0.05, 0.1) is 20.4 Å². The highest BCUT2D eigenvalue weighted by molar-refractivity contribution is 7.80. The number of nitrogens with two attached hydrogens (primary N) is 1. The fourth-order valence-corrected chi connectivity index (χ4v) is 2.23. The maximum atomic E-state index is 10.8. The normalized spacial score (nSPS) is 10.3. The molecular weight excluding hydrogens is 368 g/mol. The van der Waals surface area contributed by atoms with Crippen LogP contribution in [0.5, 0.6) is 17.2 Å². The molecule has 2 rings (SSSR count). The molecule has 0 atom stereocenters. The summed E-state index contributed by atoms with van der Waals surface area (Å²) in [6, 6.07) is 12.5. The second-order valence-electron chi connectivity index (χ2n) is 5.22. The van der Waals surface area contributed by atoms with Crippen molar-refractivity contribution in [1.29, 1.82) is 0 Å². The number of carbonyl (C=O) groups is 1. The van der Waals surface area contributed by atoms with Gasteiger partial charge >= 0.3 is 0 Å². The molecule has 4 N–H and O–H groups in total. The van der Waals surface area contributed by atoms with Gasteiger partial charge in [0.2, 0.25) is 0 Å². The zero-order valence-electron chi connectivity index (χ0n) is 14.9. The molecule has 9 heteroatoms. The van der Waals surface area contributed by atoms with Crippen LogP contribution in [0.3, 0.4) is 0 Å². The predicted molar refractivity (Wildman–Crippen MR) is 108 cm³/mol. The zero-order chi connectivity index (χ0) is 19.6. The van der Waals surface area contributed by atoms with Crippen LogP contribution in [0.1, 0.15) is 5.56 Å².